The van der Waals surface area contributed by atoms with Gasteiger partial charge in [-0.25, -0.2) is 4.98 Å². The van der Waals surface area contributed by atoms with Gasteiger partial charge in [-0.1, -0.05) is 24.3 Å². The third kappa shape index (κ3) is 2.31. The van der Waals surface area contributed by atoms with E-state index in [1.807, 2.05) is 12.3 Å². The monoisotopic (exact) mass is 366 g/mol. The fourth-order valence-electron chi connectivity index (χ4n) is 2.32. The lowest BCUT2D eigenvalue weighted by atomic mass is 10.00. The number of halogens is 2. The second-order valence-corrected chi connectivity index (χ2v) is 6.17. The molecule has 2 heterocycles. The molecule has 0 amide bonds. The van der Waals surface area contributed by atoms with Crippen LogP contribution in [0.1, 0.15) is 11.1 Å². The fraction of sp³-hybridized carbons (Fsp3) is 0.214. The first-order valence-electron chi connectivity index (χ1n) is 5.87. The van der Waals surface area contributed by atoms with Crippen molar-refractivity contribution in [2.24, 2.45) is 0 Å². The largest absolute Gasteiger partial charge is 0.351 e. The van der Waals surface area contributed by atoms with Crippen LogP contribution in [-0.4, -0.2) is 11.5 Å². The summed E-state index contributed by atoms with van der Waals surface area (Å²) in [4.78, 5) is 6.82. The summed E-state index contributed by atoms with van der Waals surface area (Å²) in [6.45, 7) is 1.95. The van der Waals surface area contributed by atoms with Gasteiger partial charge in [0.15, 0.2) is 0 Å². The molecule has 1 aromatic carbocycles. The highest BCUT2D eigenvalue weighted by Crippen LogP contribution is 2.30. The van der Waals surface area contributed by atoms with Gasteiger partial charge in [-0.15, -0.1) is 0 Å². The summed E-state index contributed by atoms with van der Waals surface area (Å²) in [7, 11) is 0. The van der Waals surface area contributed by atoms with E-state index in [-0.39, 0.29) is 0 Å². The van der Waals surface area contributed by atoms with Gasteiger partial charge in [0.25, 0.3) is 0 Å². The molecule has 92 valence electrons. The first kappa shape index (κ1) is 12.2. The Labute approximate surface area is 123 Å². The molecule has 0 aliphatic carbocycles. The number of rotatable bonds is 1. The van der Waals surface area contributed by atoms with E-state index >= 15 is 0 Å². The summed E-state index contributed by atoms with van der Waals surface area (Å²) in [5, 5.41) is 0. The molecule has 1 aliphatic rings. The van der Waals surface area contributed by atoms with Gasteiger partial charge in [0.2, 0.25) is 0 Å². The minimum atomic E-state index is 0.934. The van der Waals surface area contributed by atoms with Crippen LogP contribution in [0.15, 0.2) is 45.5 Å². The molecular weight excluding hydrogens is 356 g/mol. The third-order valence-electron chi connectivity index (χ3n) is 3.22. The molecule has 2 nitrogen and oxygen atoms in total. The van der Waals surface area contributed by atoms with Crippen molar-refractivity contribution in [1.82, 2.24) is 4.98 Å². The van der Waals surface area contributed by atoms with Crippen LogP contribution in [0.3, 0.4) is 0 Å². The summed E-state index contributed by atoms with van der Waals surface area (Å²) >= 11 is 7.02. The SMILES string of the molecule is Brc1cnc(N2CCc3ccccc3C2)c(Br)c1. The van der Waals surface area contributed by atoms with E-state index in [0.29, 0.717) is 0 Å². The summed E-state index contributed by atoms with van der Waals surface area (Å²) < 4.78 is 2.03. The number of nitrogens with zero attached hydrogens (tertiary/aromatic N) is 2. The van der Waals surface area contributed by atoms with Crippen molar-refractivity contribution in [1.29, 1.82) is 0 Å². The van der Waals surface area contributed by atoms with Gasteiger partial charge >= 0.3 is 0 Å². The Bertz CT molecular complexity index is 584. The lowest BCUT2D eigenvalue weighted by Gasteiger charge is -2.30. The van der Waals surface area contributed by atoms with Gasteiger partial charge in [-0.3, -0.25) is 0 Å². The van der Waals surface area contributed by atoms with E-state index in [2.05, 4.69) is 66.0 Å². The van der Waals surface area contributed by atoms with Crippen molar-refractivity contribution in [3.8, 4) is 0 Å². The van der Waals surface area contributed by atoms with E-state index in [4.69, 9.17) is 0 Å². The van der Waals surface area contributed by atoms with Crippen molar-refractivity contribution in [3.63, 3.8) is 0 Å². The molecule has 0 bridgehead atoms. The summed E-state index contributed by atoms with van der Waals surface area (Å²) in [5.74, 6) is 1.02. The van der Waals surface area contributed by atoms with Crippen LogP contribution in [0.25, 0.3) is 0 Å². The number of aromatic nitrogens is 1. The van der Waals surface area contributed by atoms with E-state index in [9.17, 15) is 0 Å². The molecule has 4 heteroatoms. The minimum absolute atomic E-state index is 0.934. The predicted octanol–water partition coefficient (Wildman–Crippen LogP) is 4.17. The van der Waals surface area contributed by atoms with Crippen molar-refractivity contribution in [2.45, 2.75) is 13.0 Å². The molecule has 0 N–H and O–H groups in total. The number of anilines is 1. The predicted molar refractivity (Wildman–Crippen MR) is 80.8 cm³/mol. The van der Waals surface area contributed by atoms with Gasteiger partial charge in [0.1, 0.15) is 5.82 Å². The summed E-state index contributed by atoms with van der Waals surface area (Å²) in [5.41, 5.74) is 2.86. The van der Waals surface area contributed by atoms with Crippen LogP contribution in [0.5, 0.6) is 0 Å². The molecular formula is C14H12Br2N2. The van der Waals surface area contributed by atoms with Crippen LogP contribution >= 0.6 is 31.9 Å². The highest BCUT2D eigenvalue weighted by atomic mass is 79.9. The zero-order chi connectivity index (χ0) is 12.5. The Kier molecular flexibility index (Phi) is 3.39. The topological polar surface area (TPSA) is 16.1 Å². The second kappa shape index (κ2) is 5.02. The molecule has 1 aromatic heterocycles. The van der Waals surface area contributed by atoms with Crippen LogP contribution < -0.4 is 4.90 Å². The van der Waals surface area contributed by atoms with Crippen molar-refractivity contribution < 1.29 is 0 Å². The minimum Gasteiger partial charge on any atom is -0.351 e. The molecule has 0 fully saturated rings. The Hall–Kier alpha value is -0.870. The van der Waals surface area contributed by atoms with Crippen molar-refractivity contribution in [2.75, 3.05) is 11.4 Å². The van der Waals surface area contributed by atoms with E-state index in [0.717, 1.165) is 34.3 Å². The number of hydrogen-bond donors (Lipinski definition) is 0. The number of pyridine rings is 1. The Morgan fingerprint density at radius 2 is 1.89 bits per heavy atom. The molecule has 2 aromatic rings. The van der Waals surface area contributed by atoms with Crippen LogP contribution in [-0.2, 0) is 13.0 Å². The zero-order valence-electron chi connectivity index (χ0n) is 9.74. The second-order valence-electron chi connectivity index (χ2n) is 4.40. The van der Waals surface area contributed by atoms with E-state index in [1.165, 1.54) is 11.1 Å². The molecule has 3 rings (SSSR count). The average molecular weight is 368 g/mol. The molecule has 1 aliphatic heterocycles. The van der Waals surface area contributed by atoms with Crippen LogP contribution in [0.2, 0.25) is 0 Å². The maximum Gasteiger partial charge on any atom is 0.143 e. The molecule has 0 saturated heterocycles. The first-order chi connectivity index (χ1) is 8.74. The highest BCUT2D eigenvalue weighted by molar-refractivity contribution is 9.11. The van der Waals surface area contributed by atoms with Gasteiger partial charge < -0.3 is 4.90 Å². The Morgan fingerprint density at radius 3 is 2.67 bits per heavy atom. The van der Waals surface area contributed by atoms with E-state index in [1.54, 1.807) is 0 Å². The quantitative estimate of drug-likeness (QED) is 0.751. The number of hydrogen-bond acceptors (Lipinski definition) is 2. The highest BCUT2D eigenvalue weighted by Gasteiger charge is 2.18. The molecule has 18 heavy (non-hydrogen) atoms. The zero-order valence-corrected chi connectivity index (χ0v) is 12.9. The van der Waals surface area contributed by atoms with Gasteiger partial charge in [-0.2, -0.15) is 0 Å². The smallest absolute Gasteiger partial charge is 0.143 e. The van der Waals surface area contributed by atoms with Crippen molar-refractivity contribution >= 4 is 37.7 Å². The average Bonchev–Trinajstić information content (AvgIpc) is 2.38. The summed E-state index contributed by atoms with van der Waals surface area (Å²) in [6, 6.07) is 10.7. The Balaban J connectivity index is 1.92. The Morgan fingerprint density at radius 1 is 1.11 bits per heavy atom. The fourth-order valence-corrected chi connectivity index (χ4v) is 3.55. The lowest BCUT2D eigenvalue weighted by molar-refractivity contribution is 0.719. The van der Waals surface area contributed by atoms with Crippen LogP contribution in [0, 0.1) is 0 Å². The summed E-state index contributed by atoms with van der Waals surface area (Å²) in [6.07, 6.45) is 2.93. The maximum atomic E-state index is 4.51. The number of benzene rings is 1. The normalized spacial score (nSPS) is 14.4. The number of fused-ring (bicyclic) bond motifs is 1. The molecule has 0 unspecified atom stereocenters. The van der Waals surface area contributed by atoms with Crippen molar-refractivity contribution in [3.05, 3.63) is 56.6 Å². The molecule has 0 saturated carbocycles. The van der Waals surface area contributed by atoms with Gasteiger partial charge in [0, 0.05) is 23.8 Å². The molecule has 0 atom stereocenters. The van der Waals surface area contributed by atoms with Crippen LogP contribution in [0.4, 0.5) is 5.82 Å². The standard InChI is InChI=1S/C14H12Br2N2/c15-12-7-13(16)14(17-8-12)18-6-5-10-3-1-2-4-11(10)9-18/h1-4,7-8H,5-6,9H2. The van der Waals surface area contributed by atoms with Gasteiger partial charge in [0.05, 0.1) is 4.47 Å². The third-order valence-corrected chi connectivity index (χ3v) is 4.24. The molecule has 0 radical (unpaired) electrons. The molecule has 0 spiro atoms. The van der Waals surface area contributed by atoms with E-state index < -0.39 is 0 Å². The van der Waals surface area contributed by atoms with Gasteiger partial charge in [-0.05, 0) is 55.5 Å². The lowest BCUT2D eigenvalue weighted by Crippen LogP contribution is -2.31. The maximum absolute atomic E-state index is 4.51. The first-order valence-corrected chi connectivity index (χ1v) is 7.45.